The SMILES string of the molecule is OC(c1ncccc1-c1ccc(Cl)cc1)c1ncccc1-c1ccc(Cl)cc1. The van der Waals surface area contributed by atoms with Crippen molar-refractivity contribution in [1.29, 1.82) is 0 Å². The summed E-state index contributed by atoms with van der Waals surface area (Å²) in [5, 5.41) is 12.5. The van der Waals surface area contributed by atoms with Crippen LogP contribution < -0.4 is 0 Å². The quantitative estimate of drug-likeness (QED) is 0.438. The summed E-state index contributed by atoms with van der Waals surface area (Å²) in [6.45, 7) is 0. The first-order valence-electron chi connectivity index (χ1n) is 8.73. The van der Waals surface area contributed by atoms with Gasteiger partial charge in [0.15, 0.2) is 0 Å². The van der Waals surface area contributed by atoms with E-state index in [2.05, 4.69) is 9.97 Å². The van der Waals surface area contributed by atoms with Gasteiger partial charge in [0.1, 0.15) is 6.10 Å². The molecule has 0 atom stereocenters. The van der Waals surface area contributed by atoms with Crippen molar-refractivity contribution in [3.63, 3.8) is 0 Å². The molecular weight excluding hydrogens is 391 g/mol. The smallest absolute Gasteiger partial charge is 0.139 e. The molecule has 0 spiro atoms. The second-order valence-electron chi connectivity index (χ2n) is 6.29. The molecule has 5 heteroatoms. The Morgan fingerprint density at radius 2 is 1.00 bits per heavy atom. The Morgan fingerprint density at radius 3 is 1.39 bits per heavy atom. The number of nitrogens with zero attached hydrogens (tertiary/aromatic N) is 2. The summed E-state index contributed by atoms with van der Waals surface area (Å²) in [4.78, 5) is 8.92. The van der Waals surface area contributed by atoms with Gasteiger partial charge in [-0.2, -0.15) is 0 Å². The van der Waals surface area contributed by atoms with E-state index in [-0.39, 0.29) is 0 Å². The number of aliphatic hydroxyl groups is 1. The molecule has 2 heterocycles. The van der Waals surface area contributed by atoms with E-state index in [1.807, 2.05) is 72.8 Å². The van der Waals surface area contributed by atoms with Crippen LogP contribution in [0.5, 0.6) is 0 Å². The summed E-state index contributed by atoms with van der Waals surface area (Å²) in [5.74, 6) is 0. The third-order valence-corrected chi connectivity index (χ3v) is 5.01. The van der Waals surface area contributed by atoms with Crippen LogP contribution in [0.3, 0.4) is 0 Å². The lowest BCUT2D eigenvalue weighted by atomic mass is 9.95. The summed E-state index contributed by atoms with van der Waals surface area (Å²) in [6, 6.07) is 22.5. The monoisotopic (exact) mass is 406 g/mol. The zero-order chi connectivity index (χ0) is 19.5. The molecule has 0 aliphatic rings. The second kappa shape index (κ2) is 8.11. The topological polar surface area (TPSA) is 46.0 Å². The third-order valence-electron chi connectivity index (χ3n) is 4.51. The maximum atomic E-state index is 11.2. The number of pyridine rings is 2. The number of hydrogen-bond donors (Lipinski definition) is 1. The van der Waals surface area contributed by atoms with E-state index in [0.717, 1.165) is 22.3 Å². The van der Waals surface area contributed by atoms with Crippen LogP contribution >= 0.6 is 23.2 Å². The number of benzene rings is 2. The molecule has 1 N–H and O–H groups in total. The molecule has 0 saturated carbocycles. The third kappa shape index (κ3) is 3.78. The first kappa shape index (κ1) is 18.6. The van der Waals surface area contributed by atoms with E-state index in [0.29, 0.717) is 21.4 Å². The van der Waals surface area contributed by atoms with E-state index >= 15 is 0 Å². The van der Waals surface area contributed by atoms with Gasteiger partial charge in [-0.1, -0.05) is 59.6 Å². The van der Waals surface area contributed by atoms with Crippen molar-refractivity contribution < 1.29 is 5.11 Å². The van der Waals surface area contributed by atoms with Gasteiger partial charge in [0.05, 0.1) is 11.4 Å². The average Bonchev–Trinajstić information content (AvgIpc) is 2.74. The predicted octanol–water partition coefficient (Wildman–Crippen LogP) is 6.20. The van der Waals surface area contributed by atoms with Crippen LogP contribution in [0.4, 0.5) is 0 Å². The highest BCUT2D eigenvalue weighted by Gasteiger charge is 2.21. The molecule has 4 aromatic rings. The molecule has 0 saturated heterocycles. The van der Waals surface area contributed by atoms with E-state index in [1.54, 1.807) is 12.4 Å². The first-order chi connectivity index (χ1) is 13.6. The molecule has 4 rings (SSSR count). The molecule has 0 amide bonds. The molecule has 0 radical (unpaired) electrons. The molecule has 0 unspecified atom stereocenters. The Kier molecular flexibility index (Phi) is 5.40. The summed E-state index contributed by atoms with van der Waals surface area (Å²) in [5.41, 5.74) is 4.60. The largest absolute Gasteiger partial charge is 0.380 e. The van der Waals surface area contributed by atoms with Crippen LogP contribution in [0.25, 0.3) is 22.3 Å². The lowest BCUT2D eigenvalue weighted by Gasteiger charge is -2.17. The van der Waals surface area contributed by atoms with Gasteiger partial charge in [-0.3, -0.25) is 9.97 Å². The highest BCUT2D eigenvalue weighted by Crippen LogP contribution is 2.34. The molecule has 28 heavy (non-hydrogen) atoms. The Morgan fingerprint density at radius 1 is 0.607 bits per heavy atom. The average molecular weight is 407 g/mol. The number of aliphatic hydroxyl groups excluding tert-OH is 1. The minimum atomic E-state index is -0.987. The van der Waals surface area contributed by atoms with E-state index in [9.17, 15) is 5.11 Å². The highest BCUT2D eigenvalue weighted by molar-refractivity contribution is 6.30. The van der Waals surface area contributed by atoms with Gasteiger partial charge in [-0.05, 0) is 47.5 Å². The minimum absolute atomic E-state index is 0.540. The van der Waals surface area contributed by atoms with E-state index in [4.69, 9.17) is 23.2 Å². The van der Waals surface area contributed by atoms with Crippen LogP contribution in [0, 0.1) is 0 Å². The lowest BCUT2D eigenvalue weighted by molar-refractivity contribution is 0.211. The highest BCUT2D eigenvalue weighted by atomic mass is 35.5. The Bertz CT molecular complexity index is 1010. The van der Waals surface area contributed by atoms with E-state index in [1.165, 1.54) is 0 Å². The van der Waals surface area contributed by atoms with Crippen molar-refractivity contribution in [2.45, 2.75) is 6.10 Å². The summed E-state index contributed by atoms with van der Waals surface area (Å²) in [7, 11) is 0. The van der Waals surface area contributed by atoms with Crippen LogP contribution in [-0.4, -0.2) is 15.1 Å². The van der Waals surface area contributed by atoms with E-state index < -0.39 is 6.10 Å². The van der Waals surface area contributed by atoms with Crippen LogP contribution in [0.15, 0.2) is 85.2 Å². The second-order valence-corrected chi connectivity index (χ2v) is 7.16. The molecule has 0 fully saturated rings. The van der Waals surface area contributed by atoms with Crippen molar-refractivity contribution in [3.8, 4) is 22.3 Å². The van der Waals surface area contributed by atoms with Gasteiger partial charge in [0.2, 0.25) is 0 Å². The fraction of sp³-hybridized carbons (Fsp3) is 0.0435. The normalized spacial score (nSPS) is 11.0. The Balaban J connectivity index is 1.81. The fourth-order valence-corrected chi connectivity index (χ4v) is 3.40. The van der Waals surface area contributed by atoms with Crippen molar-refractivity contribution in [2.24, 2.45) is 0 Å². The maximum Gasteiger partial charge on any atom is 0.139 e. The molecule has 2 aromatic heterocycles. The predicted molar refractivity (Wildman–Crippen MR) is 113 cm³/mol. The fourth-order valence-electron chi connectivity index (χ4n) is 3.15. The van der Waals surface area contributed by atoms with Gasteiger partial charge < -0.3 is 5.11 Å². The van der Waals surface area contributed by atoms with Crippen LogP contribution in [-0.2, 0) is 0 Å². The zero-order valence-corrected chi connectivity index (χ0v) is 16.3. The zero-order valence-electron chi connectivity index (χ0n) is 14.8. The van der Waals surface area contributed by atoms with Crippen molar-refractivity contribution in [1.82, 2.24) is 9.97 Å². The first-order valence-corrected chi connectivity index (χ1v) is 9.49. The van der Waals surface area contributed by atoms with Gasteiger partial charge in [-0.15, -0.1) is 0 Å². The van der Waals surface area contributed by atoms with Crippen molar-refractivity contribution in [3.05, 3.63) is 107 Å². The molecule has 3 nitrogen and oxygen atoms in total. The molecule has 0 aliphatic heterocycles. The molecule has 2 aromatic carbocycles. The maximum absolute atomic E-state index is 11.2. The Hall–Kier alpha value is -2.72. The van der Waals surface area contributed by atoms with Gasteiger partial charge >= 0.3 is 0 Å². The minimum Gasteiger partial charge on any atom is -0.380 e. The number of aromatic nitrogens is 2. The van der Waals surface area contributed by atoms with Crippen LogP contribution in [0.2, 0.25) is 10.0 Å². The molecular formula is C23H16Cl2N2O. The summed E-state index contributed by atoms with van der Waals surface area (Å²) in [6.07, 6.45) is 2.35. The number of rotatable bonds is 4. The lowest BCUT2D eigenvalue weighted by Crippen LogP contribution is -2.08. The Labute approximate surface area is 173 Å². The van der Waals surface area contributed by atoms with Crippen molar-refractivity contribution in [2.75, 3.05) is 0 Å². The van der Waals surface area contributed by atoms with Gasteiger partial charge in [0, 0.05) is 33.6 Å². The standard InChI is InChI=1S/C23H16Cl2N2O/c24-17-9-5-15(6-10-17)19-3-1-13-26-21(19)23(28)22-20(4-2-14-27-22)16-7-11-18(25)12-8-16/h1-14,23,28H. The number of halogens is 2. The van der Waals surface area contributed by atoms with Crippen LogP contribution in [0.1, 0.15) is 17.5 Å². The summed E-state index contributed by atoms with van der Waals surface area (Å²) >= 11 is 12.0. The molecule has 0 aliphatic carbocycles. The van der Waals surface area contributed by atoms with Gasteiger partial charge in [0.25, 0.3) is 0 Å². The summed E-state index contributed by atoms with van der Waals surface area (Å²) < 4.78 is 0. The number of hydrogen-bond acceptors (Lipinski definition) is 3. The van der Waals surface area contributed by atoms with Gasteiger partial charge in [-0.25, -0.2) is 0 Å². The molecule has 138 valence electrons. The van der Waals surface area contributed by atoms with Crippen molar-refractivity contribution >= 4 is 23.2 Å². The molecule has 0 bridgehead atoms.